The number of nitrogens with one attached hydrogen (secondary N) is 1. The zero-order chi connectivity index (χ0) is 23.6. The zero-order valence-corrected chi connectivity index (χ0v) is 19.9. The van der Waals surface area contributed by atoms with E-state index in [4.69, 9.17) is 9.47 Å². The van der Waals surface area contributed by atoms with Gasteiger partial charge in [-0.2, -0.15) is 0 Å². The standard InChI is InChI=1S/C30H33NO3/c1-2-33-29-18-15-26(30(32)31-20-19-23-9-5-3-6-10-23)21-27(29)22-34-28-16-13-25(14-17-28)24-11-7-4-8-12-24/h4,7-9,11-18,21H,2-3,5-6,10,19-20,22H2,1H3,(H,31,32). The Morgan fingerprint density at radius 2 is 1.71 bits per heavy atom. The molecule has 1 amide bonds. The molecular formula is C30H33NO3. The van der Waals surface area contributed by atoms with Gasteiger partial charge in [0, 0.05) is 17.7 Å². The van der Waals surface area contributed by atoms with E-state index in [0.717, 1.165) is 35.5 Å². The van der Waals surface area contributed by atoms with Gasteiger partial charge in [-0.1, -0.05) is 54.1 Å². The van der Waals surface area contributed by atoms with Crippen LogP contribution in [0.15, 0.2) is 84.4 Å². The van der Waals surface area contributed by atoms with Crippen LogP contribution in [0.5, 0.6) is 11.5 Å². The summed E-state index contributed by atoms with van der Waals surface area (Å²) < 4.78 is 11.8. The normalized spacial score (nSPS) is 13.1. The molecule has 3 aromatic carbocycles. The minimum absolute atomic E-state index is 0.0621. The van der Waals surface area contributed by atoms with Crippen LogP contribution in [0.4, 0.5) is 0 Å². The molecule has 0 aliphatic heterocycles. The fourth-order valence-electron chi connectivity index (χ4n) is 4.24. The molecule has 0 spiro atoms. The fourth-order valence-corrected chi connectivity index (χ4v) is 4.24. The largest absolute Gasteiger partial charge is 0.493 e. The Balaban J connectivity index is 1.38. The van der Waals surface area contributed by atoms with Crippen molar-refractivity contribution in [2.45, 2.75) is 45.6 Å². The lowest BCUT2D eigenvalue weighted by Gasteiger charge is -2.15. The monoisotopic (exact) mass is 455 g/mol. The van der Waals surface area contributed by atoms with Crippen LogP contribution in [0.3, 0.4) is 0 Å². The van der Waals surface area contributed by atoms with Crippen LogP contribution in [0.25, 0.3) is 11.1 Å². The number of rotatable bonds is 10. The predicted octanol–water partition coefficient (Wildman–Crippen LogP) is 6.95. The average Bonchev–Trinajstić information content (AvgIpc) is 2.89. The molecular weight excluding hydrogens is 422 g/mol. The number of carbonyl (C=O) groups excluding carboxylic acids is 1. The first-order chi connectivity index (χ1) is 16.7. The summed E-state index contributed by atoms with van der Waals surface area (Å²) in [5.74, 6) is 1.46. The molecule has 0 atom stereocenters. The first-order valence-electron chi connectivity index (χ1n) is 12.2. The second kappa shape index (κ2) is 12.1. The van der Waals surface area contributed by atoms with Gasteiger partial charge in [-0.3, -0.25) is 4.79 Å². The summed E-state index contributed by atoms with van der Waals surface area (Å²) in [6.45, 7) is 3.50. The van der Waals surface area contributed by atoms with Gasteiger partial charge >= 0.3 is 0 Å². The molecule has 34 heavy (non-hydrogen) atoms. The van der Waals surface area contributed by atoms with E-state index in [1.165, 1.54) is 30.4 Å². The summed E-state index contributed by atoms with van der Waals surface area (Å²) in [6, 6.07) is 23.9. The lowest BCUT2D eigenvalue weighted by Crippen LogP contribution is -2.25. The van der Waals surface area contributed by atoms with Crippen molar-refractivity contribution in [1.82, 2.24) is 5.32 Å². The van der Waals surface area contributed by atoms with Gasteiger partial charge in [-0.15, -0.1) is 0 Å². The van der Waals surface area contributed by atoms with Gasteiger partial charge in [0.15, 0.2) is 0 Å². The molecule has 0 heterocycles. The molecule has 0 saturated carbocycles. The van der Waals surface area contributed by atoms with Crippen LogP contribution in [-0.4, -0.2) is 19.1 Å². The first-order valence-corrected chi connectivity index (χ1v) is 12.2. The summed E-state index contributed by atoms with van der Waals surface area (Å²) >= 11 is 0. The van der Waals surface area contributed by atoms with Crippen molar-refractivity contribution >= 4 is 5.91 Å². The Hall–Kier alpha value is -3.53. The Labute approximate surface area is 202 Å². The molecule has 0 saturated heterocycles. The highest BCUT2D eigenvalue weighted by Gasteiger charge is 2.12. The molecule has 0 aromatic heterocycles. The Morgan fingerprint density at radius 1 is 0.912 bits per heavy atom. The van der Waals surface area contributed by atoms with E-state index in [2.05, 4.69) is 35.7 Å². The van der Waals surface area contributed by atoms with E-state index < -0.39 is 0 Å². The summed E-state index contributed by atoms with van der Waals surface area (Å²) in [7, 11) is 0. The van der Waals surface area contributed by atoms with Crippen LogP contribution >= 0.6 is 0 Å². The quantitative estimate of drug-likeness (QED) is 0.336. The highest BCUT2D eigenvalue weighted by Crippen LogP contribution is 2.25. The van der Waals surface area contributed by atoms with E-state index in [1.54, 1.807) is 0 Å². The van der Waals surface area contributed by atoms with Gasteiger partial charge in [0.1, 0.15) is 18.1 Å². The van der Waals surface area contributed by atoms with Crippen LogP contribution in [0.1, 0.15) is 54.9 Å². The van der Waals surface area contributed by atoms with Gasteiger partial charge in [0.05, 0.1) is 6.61 Å². The van der Waals surface area contributed by atoms with E-state index in [0.29, 0.717) is 25.3 Å². The minimum atomic E-state index is -0.0621. The SMILES string of the molecule is CCOc1ccc(C(=O)NCCC2=CCCCC2)cc1COc1ccc(-c2ccccc2)cc1. The lowest BCUT2D eigenvalue weighted by atomic mass is 9.97. The van der Waals surface area contributed by atoms with Crippen molar-refractivity contribution in [2.75, 3.05) is 13.2 Å². The molecule has 0 fully saturated rings. The zero-order valence-electron chi connectivity index (χ0n) is 19.9. The average molecular weight is 456 g/mol. The maximum absolute atomic E-state index is 12.7. The van der Waals surface area contributed by atoms with Gasteiger partial charge in [0.25, 0.3) is 5.91 Å². The van der Waals surface area contributed by atoms with Crippen LogP contribution in [-0.2, 0) is 6.61 Å². The molecule has 4 nitrogen and oxygen atoms in total. The number of hydrogen-bond donors (Lipinski definition) is 1. The first kappa shape index (κ1) is 23.6. The molecule has 1 aliphatic rings. The number of hydrogen-bond acceptors (Lipinski definition) is 3. The van der Waals surface area contributed by atoms with Gasteiger partial charge in [0.2, 0.25) is 0 Å². The van der Waals surface area contributed by atoms with Crippen LogP contribution < -0.4 is 14.8 Å². The molecule has 1 aliphatic carbocycles. The third-order valence-electron chi connectivity index (χ3n) is 6.09. The number of benzene rings is 3. The Bertz CT molecular complexity index is 1100. The highest BCUT2D eigenvalue weighted by atomic mass is 16.5. The van der Waals surface area contributed by atoms with Crippen molar-refractivity contribution in [2.24, 2.45) is 0 Å². The summed E-state index contributed by atoms with van der Waals surface area (Å²) in [4.78, 5) is 12.7. The molecule has 1 N–H and O–H groups in total. The van der Waals surface area contributed by atoms with Crippen molar-refractivity contribution in [3.8, 4) is 22.6 Å². The van der Waals surface area contributed by atoms with Crippen LogP contribution in [0.2, 0.25) is 0 Å². The highest BCUT2D eigenvalue weighted by molar-refractivity contribution is 5.94. The summed E-state index contributed by atoms with van der Waals surface area (Å²) in [6.07, 6.45) is 8.13. The smallest absolute Gasteiger partial charge is 0.251 e. The van der Waals surface area contributed by atoms with Gasteiger partial charge < -0.3 is 14.8 Å². The minimum Gasteiger partial charge on any atom is -0.493 e. The molecule has 4 rings (SSSR count). The molecule has 0 radical (unpaired) electrons. The second-order valence-corrected chi connectivity index (χ2v) is 8.55. The van der Waals surface area contributed by atoms with E-state index in [-0.39, 0.29) is 5.91 Å². The molecule has 176 valence electrons. The van der Waals surface area contributed by atoms with E-state index >= 15 is 0 Å². The number of carbonyl (C=O) groups is 1. The number of ether oxygens (including phenoxy) is 2. The Kier molecular flexibility index (Phi) is 8.39. The molecule has 4 heteroatoms. The van der Waals surface area contributed by atoms with Crippen molar-refractivity contribution in [3.63, 3.8) is 0 Å². The van der Waals surface area contributed by atoms with Crippen molar-refractivity contribution < 1.29 is 14.3 Å². The van der Waals surface area contributed by atoms with Crippen molar-refractivity contribution in [1.29, 1.82) is 0 Å². The maximum atomic E-state index is 12.7. The van der Waals surface area contributed by atoms with Crippen molar-refractivity contribution in [3.05, 3.63) is 95.6 Å². The summed E-state index contributed by atoms with van der Waals surface area (Å²) in [5, 5.41) is 3.06. The molecule has 3 aromatic rings. The number of amides is 1. The summed E-state index contributed by atoms with van der Waals surface area (Å²) in [5.41, 5.74) is 5.26. The van der Waals surface area contributed by atoms with Gasteiger partial charge in [-0.25, -0.2) is 0 Å². The Morgan fingerprint density at radius 3 is 2.44 bits per heavy atom. The molecule has 0 unspecified atom stereocenters. The predicted molar refractivity (Wildman–Crippen MR) is 137 cm³/mol. The second-order valence-electron chi connectivity index (χ2n) is 8.55. The number of allylic oxidation sites excluding steroid dienone is 1. The van der Waals surface area contributed by atoms with Gasteiger partial charge in [-0.05, 0) is 80.5 Å². The third-order valence-corrected chi connectivity index (χ3v) is 6.09. The third kappa shape index (κ3) is 6.50. The van der Waals surface area contributed by atoms with Crippen LogP contribution in [0, 0.1) is 0 Å². The van der Waals surface area contributed by atoms with E-state index in [9.17, 15) is 4.79 Å². The topological polar surface area (TPSA) is 47.6 Å². The fraction of sp³-hybridized carbons (Fsp3) is 0.300. The maximum Gasteiger partial charge on any atom is 0.251 e. The molecule has 0 bridgehead atoms. The van der Waals surface area contributed by atoms with E-state index in [1.807, 2.05) is 55.5 Å². The lowest BCUT2D eigenvalue weighted by molar-refractivity contribution is 0.0954.